The van der Waals surface area contributed by atoms with E-state index in [1.165, 1.54) is 215 Å². The van der Waals surface area contributed by atoms with Gasteiger partial charge < -0.3 is 55.8 Å². The number of benzene rings is 4. The van der Waals surface area contributed by atoms with E-state index in [9.17, 15) is 17.3 Å². The van der Waals surface area contributed by atoms with Gasteiger partial charge in [0.05, 0.1) is 63.2 Å². The summed E-state index contributed by atoms with van der Waals surface area (Å²) in [6.07, 6.45) is 39.1. The van der Waals surface area contributed by atoms with Crippen molar-refractivity contribution in [2.24, 2.45) is 0 Å². The topological polar surface area (TPSA) is 97.5 Å². The van der Waals surface area contributed by atoms with Crippen LogP contribution in [0.25, 0.3) is 0 Å². The van der Waals surface area contributed by atoms with Gasteiger partial charge in [0.15, 0.2) is 0 Å². The zero-order valence-electron chi connectivity index (χ0n) is 51.1. The molecule has 0 bridgehead atoms. The molecule has 465 valence electrons. The van der Waals surface area contributed by atoms with E-state index in [0.717, 1.165) is 45.6 Å². The summed E-state index contributed by atoms with van der Waals surface area (Å²) in [5, 5.41) is 14.6. The van der Waals surface area contributed by atoms with E-state index in [1.54, 1.807) is 40.6 Å². The van der Waals surface area contributed by atoms with E-state index in [4.69, 9.17) is 29.5 Å². The largest absolute Gasteiger partial charge is 0.673 e. The van der Waals surface area contributed by atoms with Gasteiger partial charge in [0.1, 0.15) is 73.3 Å². The average molecular weight is 1330 g/mol. The van der Waals surface area contributed by atoms with Crippen LogP contribution in [0.1, 0.15) is 142 Å². The molecule has 2 saturated heterocycles. The van der Waals surface area contributed by atoms with Crippen molar-refractivity contribution in [1.82, 2.24) is 0 Å². The molecule has 0 atom stereocenters. The first-order valence-electron chi connectivity index (χ1n) is 30.7. The zero-order chi connectivity index (χ0) is 59.4. The van der Waals surface area contributed by atoms with E-state index in [1.807, 2.05) is 0 Å². The fourth-order valence-corrected chi connectivity index (χ4v) is 27.9. The molecule has 0 unspecified atom stereocenters. The number of hydrogen-bond acceptors (Lipinski definition) is 10. The minimum atomic E-state index is -6.00. The van der Waals surface area contributed by atoms with Crippen molar-refractivity contribution < 1.29 is 55.7 Å². The Labute approximate surface area is 520 Å². The SMILES string of the molecule is CC#N.CC#N.COc1ccc(N2C[PH+](C3CCCCC3)CN(c3ccc(OC)cc3)C[PH+](C3CCCCC3)C2)cc1.COc1ccc(N2C[PH+](C3CCCCC3)CN(c3ccc(OC)cc3)C[PH+](C3CCCCC3)C2)cc1.F[B-](F)(F)F.[Rh]. The molecule has 4 aromatic carbocycles. The third-order valence-electron chi connectivity index (χ3n) is 17.6. The van der Waals surface area contributed by atoms with Crippen molar-refractivity contribution in [3.05, 3.63) is 97.1 Å². The molecule has 10 rings (SSSR count). The molecule has 0 amide bonds. The Hall–Kier alpha value is -3.61. The summed E-state index contributed by atoms with van der Waals surface area (Å²) in [7, 11) is -1.22. The van der Waals surface area contributed by atoms with Crippen LogP contribution in [0.5, 0.6) is 23.0 Å². The molecule has 10 nitrogen and oxygen atoms in total. The summed E-state index contributed by atoms with van der Waals surface area (Å²) >= 11 is 0. The second-order valence-electron chi connectivity index (χ2n) is 23.1. The molecule has 4 saturated carbocycles. The first-order chi connectivity index (χ1) is 40.3. The number of nitrogens with zero attached hydrogens (tertiary/aromatic N) is 6. The van der Waals surface area contributed by atoms with Crippen molar-refractivity contribution >= 4 is 61.7 Å². The first kappa shape index (κ1) is 71.1. The van der Waals surface area contributed by atoms with Gasteiger partial charge in [-0.3, -0.25) is 0 Å². The van der Waals surface area contributed by atoms with E-state index in [2.05, 4.69) is 117 Å². The summed E-state index contributed by atoms with van der Waals surface area (Å²) in [6.45, 7) is 2.86. The minimum Gasteiger partial charge on any atom is -0.497 e. The normalized spacial score (nSPS) is 22.1. The summed E-state index contributed by atoms with van der Waals surface area (Å²) in [5.74, 6) is 3.86. The number of ether oxygens (including phenoxy) is 4. The molecule has 6 fully saturated rings. The standard InChI is InChI=1S/2C30H44N2O2P2.2C2H3N.BF4.Rh/c2*1-33-27-17-13-25(14-18-27)31-21-35(29-9-5-3-6-10-29)23-32(26-15-19-28(34-2)20-16-26)24-36(22-31)30-11-7-4-8-12-30;2*1-2-3;2-1(3,4)5;/h2*13-20,29-30H,3-12,21-24H2,1-2H3;2*1H3;;/q;;;;-1;/p+4. The molecule has 0 N–H and O–H groups in total. The number of rotatable bonds is 12. The summed E-state index contributed by atoms with van der Waals surface area (Å²) in [4.78, 5) is 11.4. The molecule has 2 aliphatic heterocycles. The Morgan fingerprint density at radius 2 is 0.488 bits per heavy atom. The molecule has 4 aliphatic carbocycles. The predicted octanol–water partition coefficient (Wildman–Crippen LogP) is 18.3. The molecule has 2 heterocycles. The summed E-state index contributed by atoms with van der Waals surface area (Å²) < 4.78 is 61.0. The van der Waals surface area contributed by atoms with Crippen LogP contribution in [-0.2, 0) is 19.5 Å². The minimum absolute atomic E-state index is 0. The number of methoxy groups -OCH3 is 4. The van der Waals surface area contributed by atoms with Crippen molar-refractivity contribution in [1.29, 1.82) is 10.5 Å². The van der Waals surface area contributed by atoms with Gasteiger partial charge in [0.2, 0.25) is 0 Å². The van der Waals surface area contributed by atoms with Crippen molar-refractivity contribution in [3.8, 4) is 35.1 Å². The van der Waals surface area contributed by atoms with Crippen LogP contribution < -0.4 is 38.5 Å². The summed E-state index contributed by atoms with van der Waals surface area (Å²) in [6, 6.07) is 39.4. The van der Waals surface area contributed by atoms with Gasteiger partial charge in [0.25, 0.3) is 0 Å². The third kappa shape index (κ3) is 23.8. The maximum absolute atomic E-state index is 9.75. The smallest absolute Gasteiger partial charge is 0.497 e. The zero-order valence-corrected chi connectivity index (χ0v) is 56.7. The number of hydrogen-bond donors (Lipinski definition) is 0. The Morgan fingerprint density at radius 1 is 0.345 bits per heavy atom. The van der Waals surface area contributed by atoms with Gasteiger partial charge in [-0.25, -0.2) is 0 Å². The predicted molar refractivity (Wildman–Crippen MR) is 354 cm³/mol. The third-order valence-corrected chi connectivity index (χ3v) is 30.9. The van der Waals surface area contributed by atoms with Gasteiger partial charge in [-0.15, -0.1) is 0 Å². The van der Waals surface area contributed by atoms with E-state index in [-0.39, 0.29) is 19.5 Å². The first-order valence-corrected chi connectivity index (χ1v) is 38.7. The van der Waals surface area contributed by atoms with Gasteiger partial charge in [-0.2, -0.15) is 10.5 Å². The Balaban J connectivity index is 0.000000259. The van der Waals surface area contributed by atoms with Crippen LogP contribution in [0.4, 0.5) is 40.0 Å². The van der Waals surface area contributed by atoms with Crippen LogP contribution in [0.3, 0.4) is 0 Å². The number of anilines is 4. The fourth-order valence-electron chi connectivity index (χ4n) is 13.4. The fraction of sp³-hybridized carbons (Fsp3) is 0.594. The van der Waals surface area contributed by atoms with Crippen molar-refractivity contribution in [3.63, 3.8) is 0 Å². The van der Waals surface area contributed by atoms with Crippen LogP contribution in [0, 0.1) is 22.7 Å². The molecular weight excluding hydrogens is 1230 g/mol. The second kappa shape index (κ2) is 38.6. The molecule has 20 heteroatoms. The van der Waals surface area contributed by atoms with Crippen molar-refractivity contribution in [2.45, 2.75) is 165 Å². The van der Waals surface area contributed by atoms with Gasteiger partial charge >= 0.3 is 7.25 Å². The molecule has 0 spiro atoms. The number of halogens is 4. The van der Waals surface area contributed by atoms with Gasteiger partial charge in [0, 0.05) is 87.8 Å². The van der Waals surface area contributed by atoms with Crippen LogP contribution in [-0.4, -0.2) is 109 Å². The second-order valence-corrected chi connectivity index (χ2v) is 34.2. The Bertz CT molecular complexity index is 2150. The average Bonchev–Trinajstić information content (AvgIpc) is 3.71. The summed E-state index contributed by atoms with van der Waals surface area (Å²) in [5.41, 5.74) is 9.44. The monoisotopic (exact) mass is 1330 g/mol. The van der Waals surface area contributed by atoms with E-state index >= 15 is 0 Å². The molecule has 4 aromatic rings. The maximum Gasteiger partial charge on any atom is 0.673 e. The quantitative estimate of drug-likeness (QED) is 0.0775. The van der Waals surface area contributed by atoms with Gasteiger partial charge in [-0.1, -0.05) is 25.7 Å². The van der Waals surface area contributed by atoms with Crippen molar-refractivity contribution in [2.75, 3.05) is 98.3 Å². The molecule has 6 aliphatic rings. The van der Waals surface area contributed by atoms with Gasteiger partial charge in [-0.05, 0) is 200 Å². The Morgan fingerprint density at radius 3 is 0.619 bits per heavy atom. The molecule has 0 aromatic heterocycles. The molecule has 1 radical (unpaired) electrons. The van der Waals surface area contributed by atoms with Crippen LogP contribution >= 0.6 is 31.7 Å². The maximum atomic E-state index is 9.75. The van der Waals surface area contributed by atoms with Crippen LogP contribution in [0.15, 0.2) is 97.1 Å². The van der Waals surface area contributed by atoms with E-state index in [0.29, 0.717) is 0 Å². The molecular formula is C64H98BF4N6O4P4Rh+3. The Kier molecular flexibility index (Phi) is 32.7. The van der Waals surface area contributed by atoms with E-state index < -0.39 is 38.9 Å². The van der Waals surface area contributed by atoms with Crippen LogP contribution in [0.2, 0.25) is 0 Å². The molecule has 84 heavy (non-hydrogen) atoms. The number of nitriles is 2.